The van der Waals surface area contributed by atoms with Crippen molar-refractivity contribution in [1.29, 1.82) is 0 Å². The summed E-state index contributed by atoms with van der Waals surface area (Å²) in [4.78, 5) is 32.5. The number of aryl methyl sites for hydroxylation is 2. The van der Waals surface area contributed by atoms with Gasteiger partial charge in [0.05, 0.1) is 0 Å². The number of halogens is 1. The van der Waals surface area contributed by atoms with Crippen molar-refractivity contribution in [2.24, 2.45) is 13.0 Å². The van der Waals surface area contributed by atoms with E-state index in [1.165, 1.54) is 9.13 Å². The molecule has 142 valence electrons. The summed E-state index contributed by atoms with van der Waals surface area (Å²) in [5, 5.41) is 0.670. The Morgan fingerprint density at radius 3 is 2.52 bits per heavy atom. The lowest BCUT2D eigenvalue weighted by Gasteiger charge is -2.29. The second-order valence-corrected chi connectivity index (χ2v) is 7.80. The van der Waals surface area contributed by atoms with Crippen LogP contribution in [0.15, 0.2) is 33.9 Å². The van der Waals surface area contributed by atoms with E-state index >= 15 is 0 Å². The fraction of sp³-hybridized carbons (Fsp3) is 0.421. The predicted molar refractivity (Wildman–Crippen MR) is 107 cm³/mol. The van der Waals surface area contributed by atoms with Crippen LogP contribution in [0, 0.1) is 5.92 Å². The van der Waals surface area contributed by atoms with Crippen molar-refractivity contribution in [3.8, 4) is 0 Å². The highest BCUT2D eigenvalue weighted by molar-refractivity contribution is 6.30. The minimum atomic E-state index is -0.324. The molecule has 3 aromatic rings. The highest BCUT2D eigenvalue weighted by Crippen LogP contribution is 2.31. The first-order valence-corrected chi connectivity index (χ1v) is 9.49. The monoisotopic (exact) mass is 387 g/mol. The Balaban J connectivity index is 1.96. The van der Waals surface area contributed by atoms with Gasteiger partial charge < -0.3 is 9.47 Å². The van der Waals surface area contributed by atoms with Crippen LogP contribution in [-0.4, -0.2) is 25.2 Å². The normalized spacial score (nSPS) is 14.2. The third kappa shape index (κ3) is 2.86. The van der Waals surface area contributed by atoms with Crippen molar-refractivity contribution in [3.63, 3.8) is 0 Å². The van der Waals surface area contributed by atoms with Gasteiger partial charge in [-0.2, -0.15) is 4.98 Å². The largest absolute Gasteiger partial charge is 0.332 e. The Morgan fingerprint density at radius 1 is 1.15 bits per heavy atom. The molecule has 3 heterocycles. The SMILES string of the molecule is CC(C)Cn1c(=O)c2c(nc3n2CCCN3c2ccc(Cl)cc2)n(C)c1=O. The molecule has 0 radical (unpaired) electrons. The molecular weight excluding hydrogens is 366 g/mol. The molecule has 0 saturated heterocycles. The predicted octanol–water partition coefficient (Wildman–Crippen LogP) is 2.75. The summed E-state index contributed by atoms with van der Waals surface area (Å²) in [5.74, 6) is 0.884. The number of benzene rings is 1. The van der Waals surface area contributed by atoms with Gasteiger partial charge in [-0.1, -0.05) is 25.4 Å². The maximum Gasteiger partial charge on any atom is 0.332 e. The zero-order valence-corrected chi connectivity index (χ0v) is 16.4. The average Bonchev–Trinajstić information content (AvgIpc) is 3.04. The van der Waals surface area contributed by atoms with Gasteiger partial charge in [0.1, 0.15) is 0 Å². The van der Waals surface area contributed by atoms with Gasteiger partial charge in [0, 0.05) is 37.4 Å². The molecule has 1 aromatic carbocycles. The van der Waals surface area contributed by atoms with Crippen LogP contribution in [0.2, 0.25) is 5.02 Å². The first-order valence-electron chi connectivity index (χ1n) is 9.11. The average molecular weight is 388 g/mol. The van der Waals surface area contributed by atoms with Crippen LogP contribution in [0.1, 0.15) is 20.3 Å². The smallest absolute Gasteiger partial charge is 0.312 e. The zero-order chi connectivity index (χ0) is 19.3. The summed E-state index contributed by atoms with van der Waals surface area (Å²) in [6, 6.07) is 7.55. The molecule has 27 heavy (non-hydrogen) atoms. The molecule has 0 amide bonds. The van der Waals surface area contributed by atoms with Crippen LogP contribution in [0.3, 0.4) is 0 Å². The number of rotatable bonds is 3. The number of nitrogens with zero attached hydrogens (tertiary/aromatic N) is 5. The van der Waals surface area contributed by atoms with Crippen molar-refractivity contribution in [3.05, 3.63) is 50.1 Å². The number of aromatic nitrogens is 4. The molecule has 8 heteroatoms. The minimum Gasteiger partial charge on any atom is -0.312 e. The lowest BCUT2D eigenvalue weighted by molar-refractivity contribution is 0.483. The molecule has 0 unspecified atom stereocenters. The Bertz CT molecular complexity index is 1120. The van der Waals surface area contributed by atoms with E-state index in [1.807, 2.05) is 42.7 Å². The maximum absolute atomic E-state index is 13.1. The molecule has 0 atom stereocenters. The van der Waals surface area contributed by atoms with E-state index in [2.05, 4.69) is 9.88 Å². The summed E-state index contributed by atoms with van der Waals surface area (Å²) in [7, 11) is 1.67. The van der Waals surface area contributed by atoms with E-state index in [4.69, 9.17) is 11.6 Å². The van der Waals surface area contributed by atoms with E-state index < -0.39 is 0 Å². The molecule has 7 nitrogen and oxygen atoms in total. The molecule has 2 aromatic heterocycles. The lowest BCUT2D eigenvalue weighted by atomic mass is 10.2. The molecule has 0 saturated carbocycles. The molecule has 0 spiro atoms. The molecule has 0 N–H and O–H groups in total. The molecule has 0 fully saturated rings. The minimum absolute atomic E-state index is 0.196. The van der Waals surface area contributed by atoms with Crippen LogP contribution in [0.4, 0.5) is 11.6 Å². The molecule has 4 rings (SSSR count). The fourth-order valence-corrected chi connectivity index (χ4v) is 3.78. The Morgan fingerprint density at radius 2 is 1.85 bits per heavy atom. The zero-order valence-electron chi connectivity index (χ0n) is 15.6. The number of anilines is 2. The third-order valence-corrected chi connectivity index (χ3v) is 5.16. The number of fused-ring (bicyclic) bond motifs is 3. The standard InChI is InChI=1S/C19H22ClN5O2/c1-12(2)11-25-17(26)15-16(22(3)19(25)27)21-18-23(9-4-10-24(15)18)14-7-5-13(20)6-8-14/h5-8,12H,4,9-11H2,1-3H3. The number of hydrogen-bond donors (Lipinski definition) is 0. The highest BCUT2D eigenvalue weighted by Gasteiger charge is 2.27. The molecule has 0 bridgehead atoms. The number of hydrogen-bond acceptors (Lipinski definition) is 4. The van der Waals surface area contributed by atoms with Gasteiger partial charge in [0.25, 0.3) is 5.56 Å². The maximum atomic E-state index is 13.1. The molecule has 0 aliphatic carbocycles. The van der Waals surface area contributed by atoms with Crippen LogP contribution in [0.25, 0.3) is 11.2 Å². The summed E-state index contributed by atoms with van der Waals surface area (Å²) in [6.07, 6.45) is 0.882. The van der Waals surface area contributed by atoms with E-state index in [1.54, 1.807) is 7.05 Å². The first-order chi connectivity index (χ1) is 12.9. The van der Waals surface area contributed by atoms with Crippen LogP contribution in [0.5, 0.6) is 0 Å². The topological polar surface area (TPSA) is 65.1 Å². The first kappa shape index (κ1) is 17.9. The van der Waals surface area contributed by atoms with E-state index in [0.29, 0.717) is 35.2 Å². The fourth-order valence-electron chi connectivity index (χ4n) is 3.66. The van der Waals surface area contributed by atoms with Gasteiger partial charge in [0.2, 0.25) is 5.95 Å². The van der Waals surface area contributed by atoms with Gasteiger partial charge in [-0.15, -0.1) is 0 Å². The van der Waals surface area contributed by atoms with Crippen molar-refractivity contribution in [1.82, 2.24) is 18.7 Å². The summed E-state index contributed by atoms with van der Waals surface area (Å²) >= 11 is 6.01. The van der Waals surface area contributed by atoms with Crippen LogP contribution >= 0.6 is 11.6 Å². The Kier molecular flexibility index (Phi) is 4.34. The van der Waals surface area contributed by atoms with Crippen molar-refractivity contribution in [2.75, 3.05) is 11.4 Å². The molecular formula is C19H22ClN5O2. The van der Waals surface area contributed by atoms with Gasteiger partial charge >= 0.3 is 5.69 Å². The lowest BCUT2D eigenvalue weighted by Crippen LogP contribution is -2.40. The highest BCUT2D eigenvalue weighted by atomic mass is 35.5. The quantitative estimate of drug-likeness (QED) is 0.693. The second kappa shape index (κ2) is 6.56. The van der Waals surface area contributed by atoms with Gasteiger partial charge in [0.15, 0.2) is 11.2 Å². The van der Waals surface area contributed by atoms with Crippen molar-refractivity contribution in [2.45, 2.75) is 33.4 Å². The summed E-state index contributed by atoms with van der Waals surface area (Å²) < 4.78 is 4.74. The molecule has 1 aliphatic rings. The Labute approximate surface area is 161 Å². The van der Waals surface area contributed by atoms with E-state index in [-0.39, 0.29) is 17.2 Å². The second-order valence-electron chi connectivity index (χ2n) is 7.37. The van der Waals surface area contributed by atoms with Gasteiger partial charge in [-0.05, 0) is 36.6 Å². The number of imidazole rings is 1. The van der Waals surface area contributed by atoms with Gasteiger partial charge in [-0.3, -0.25) is 13.9 Å². The summed E-state index contributed by atoms with van der Waals surface area (Å²) in [6.45, 7) is 5.86. The van der Waals surface area contributed by atoms with Crippen LogP contribution < -0.4 is 16.1 Å². The molecule has 1 aliphatic heterocycles. The Hall–Kier alpha value is -2.54. The van der Waals surface area contributed by atoms with Crippen LogP contribution in [-0.2, 0) is 20.1 Å². The summed E-state index contributed by atoms with van der Waals surface area (Å²) in [5.41, 5.74) is 1.30. The van der Waals surface area contributed by atoms with E-state index in [0.717, 1.165) is 18.7 Å². The van der Waals surface area contributed by atoms with Gasteiger partial charge in [-0.25, -0.2) is 4.79 Å². The third-order valence-electron chi connectivity index (χ3n) is 4.90. The van der Waals surface area contributed by atoms with Crippen molar-refractivity contribution < 1.29 is 0 Å². The van der Waals surface area contributed by atoms with E-state index in [9.17, 15) is 9.59 Å². The van der Waals surface area contributed by atoms with Crippen molar-refractivity contribution >= 4 is 34.4 Å².